The molecule has 0 bridgehead atoms. The number of carbonyl (C=O) groups is 1. The molecule has 0 radical (unpaired) electrons. The minimum atomic E-state index is -0.134. The van der Waals surface area contributed by atoms with Crippen molar-refractivity contribution in [1.29, 1.82) is 0 Å². The highest BCUT2D eigenvalue weighted by molar-refractivity contribution is 14.0. The van der Waals surface area contributed by atoms with Gasteiger partial charge in [0.2, 0.25) is 0 Å². The minimum absolute atomic E-state index is 0. The molecule has 0 spiro atoms. The van der Waals surface area contributed by atoms with Crippen molar-refractivity contribution < 1.29 is 9.21 Å². The van der Waals surface area contributed by atoms with E-state index < -0.39 is 0 Å². The number of amides is 1. The van der Waals surface area contributed by atoms with E-state index in [-0.39, 0.29) is 29.9 Å². The van der Waals surface area contributed by atoms with Gasteiger partial charge in [0.05, 0.1) is 19.4 Å². The fraction of sp³-hybridized carbons (Fsp3) is 0.250. The molecule has 0 fully saturated rings. The van der Waals surface area contributed by atoms with Crippen molar-refractivity contribution in [3.05, 3.63) is 95.4 Å². The van der Waals surface area contributed by atoms with Crippen LogP contribution in [0.15, 0.2) is 82.4 Å². The van der Waals surface area contributed by atoms with Gasteiger partial charge < -0.3 is 20.4 Å². The first-order valence-electron chi connectivity index (χ1n) is 10.2. The summed E-state index contributed by atoms with van der Waals surface area (Å²) in [4.78, 5) is 17.0. The highest BCUT2D eigenvalue weighted by Gasteiger charge is 2.07. The Balaban J connectivity index is 0.00000341. The zero-order valence-electron chi connectivity index (χ0n) is 17.6. The van der Waals surface area contributed by atoms with Crippen molar-refractivity contribution in [3.8, 4) is 0 Å². The summed E-state index contributed by atoms with van der Waals surface area (Å²) in [6.07, 6.45) is 2.52. The lowest BCUT2D eigenvalue weighted by atomic mass is 10.1. The van der Waals surface area contributed by atoms with E-state index in [1.807, 2.05) is 49.4 Å². The fourth-order valence-electron chi connectivity index (χ4n) is 2.98. The number of hydrogen-bond donors (Lipinski definition) is 3. The number of benzene rings is 2. The summed E-state index contributed by atoms with van der Waals surface area (Å²) >= 11 is 0. The first-order chi connectivity index (χ1) is 14.7. The molecule has 0 unspecified atom stereocenters. The van der Waals surface area contributed by atoms with Gasteiger partial charge in [-0.05, 0) is 48.7 Å². The zero-order valence-corrected chi connectivity index (χ0v) is 20.0. The molecule has 0 atom stereocenters. The standard InChI is InChI=1S/C24H28N4O2.HI/c1-2-25-24(26-14-13-19-8-4-3-5-9-19)28-17-20-10-6-11-21(16-20)23(29)27-18-22-12-7-15-30-22;/h3-12,15-16H,2,13-14,17-18H2,1H3,(H,27,29)(H2,25,26,28);1H. The van der Waals surface area contributed by atoms with Crippen molar-refractivity contribution in [2.45, 2.75) is 26.4 Å². The summed E-state index contributed by atoms with van der Waals surface area (Å²) in [6, 6.07) is 21.5. The highest BCUT2D eigenvalue weighted by Crippen LogP contribution is 2.08. The van der Waals surface area contributed by atoms with Crippen LogP contribution in [0.25, 0.3) is 0 Å². The number of guanidine groups is 1. The largest absolute Gasteiger partial charge is 0.467 e. The summed E-state index contributed by atoms with van der Waals surface area (Å²) in [5, 5.41) is 9.49. The van der Waals surface area contributed by atoms with E-state index in [0.717, 1.165) is 36.8 Å². The molecule has 0 saturated heterocycles. The number of carbonyl (C=O) groups excluding carboxylic acids is 1. The Morgan fingerprint density at radius 2 is 1.74 bits per heavy atom. The van der Waals surface area contributed by atoms with Crippen LogP contribution in [0.2, 0.25) is 0 Å². The van der Waals surface area contributed by atoms with Gasteiger partial charge in [-0.3, -0.25) is 4.79 Å². The third kappa shape index (κ3) is 8.45. The van der Waals surface area contributed by atoms with E-state index >= 15 is 0 Å². The number of furan rings is 1. The van der Waals surface area contributed by atoms with Crippen molar-refractivity contribution in [2.24, 2.45) is 4.99 Å². The SMILES string of the molecule is CCNC(=NCc1cccc(C(=O)NCc2ccco2)c1)NCCc1ccccc1.I. The van der Waals surface area contributed by atoms with Crippen molar-refractivity contribution in [2.75, 3.05) is 13.1 Å². The van der Waals surface area contributed by atoms with E-state index in [9.17, 15) is 4.79 Å². The van der Waals surface area contributed by atoms with Gasteiger partial charge in [0.1, 0.15) is 5.76 Å². The summed E-state index contributed by atoms with van der Waals surface area (Å²) in [5.74, 6) is 1.35. The maximum atomic E-state index is 12.4. The summed E-state index contributed by atoms with van der Waals surface area (Å²) in [7, 11) is 0. The van der Waals surface area contributed by atoms with Crippen LogP contribution in [0.3, 0.4) is 0 Å². The van der Waals surface area contributed by atoms with Crippen molar-refractivity contribution in [3.63, 3.8) is 0 Å². The Kier molecular flexibility index (Phi) is 10.6. The molecule has 1 aromatic heterocycles. The van der Waals surface area contributed by atoms with E-state index in [1.54, 1.807) is 18.4 Å². The van der Waals surface area contributed by atoms with E-state index in [4.69, 9.17) is 4.42 Å². The number of rotatable bonds is 9. The van der Waals surface area contributed by atoms with Crippen LogP contribution in [-0.4, -0.2) is 25.0 Å². The van der Waals surface area contributed by atoms with Crippen LogP contribution in [0, 0.1) is 0 Å². The molecule has 2 aromatic carbocycles. The van der Waals surface area contributed by atoms with Crippen LogP contribution in [-0.2, 0) is 19.5 Å². The third-order valence-electron chi connectivity index (χ3n) is 4.51. The summed E-state index contributed by atoms with van der Waals surface area (Å²) in [5.41, 5.74) is 2.87. The maximum Gasteiger partial charge on any atom is 0.251 e. The molecule has 7 heteroatoms. The molecular weight excluding hydrogens is 503 g/mol. The zero-order chi connectivity index (χ0) is 21.0. The molecule has 1 amide bonds. The Labute approximate surface area is 200 Å². The molecule has 3 rings (SSSR count). The quantitative estimate of drug-likeness (QED) is 0.220. The summed E-state index contributed by atoms with van der Waals surface area (Å²) in [6.45, 7) is 4.47. The number of hydrogen-bond acceptors (Lipinski definition) is 3. The first kappa shape index (κ1) is 24.5. The van der Waals surface area contributed by atoms with Gasteiger partial charge in [-0.25, -0.2) is 4.99 Å². The third-order valence-corrected chi connectivity index (χ3v) is 4.51. The molecule has 0 aliphatic carbocycles. The lowest BCUT2D eigenvalue weighted by Crippen LogP contribution is -2.38. The first-order valence-corrected chi connectivity index (χ1v) is 10.2. The number of halogens is 1. The van der Waals surface area contributed by atoms with Gasteiger partial charge in [0.15, 0.2) is 5.96 Å². The van der Waals surface area contributed by atoms with E-state index in [0.29, 0.717) is 18.7 Å². The Morgan fingerprint density at radius 3 is 2.48 bits per heavy atom. The van der Waals surface area contributed by atoms with E-state index in [1.165, 1.54) is 5.56 Å². The van der Waals surface area contributed by atoms with Crippen molar-refractivity contribution in [1.82, 2.24) is 16.0 Å². The summed E-state index contributed by atoms with van der Waals surface area (Å²) < 4.78 is 5.25. The lowest BCUT2D eigenvalue weighted by Gasteiger charge is -2.11. The van der Waals surface area contributed by atoms with Crippen LogP contribution in [0.1, 0.15) is 34.2 Å². The van der Waals surface area contributed by atoms with Gasteiger partial charge in [0, 0.05) is 18.7 Å². The minimum Gasteiger partial charge on any atom is -0.467 e. The molecular formula is C24H29IN4O2. The Morgan fingerprint density at radius 1 is 0.935 bits per heavy atom. The fourth-order valence-corrected chi connectivity index (χ4v) is 2.98. The smallest absolute Gasteiger partial charge is 0.251 e. The second-order valence-electron chi connectivity index (χ2n) is 6.82. The average molecular weight is 532 g/mol. The van der Waals surface area contributed by atoms with E-state index in [2.05, 4.69) is 33.1 Å². The average Bonchev–Trinajstić information content (AvgIpc) is 3.30. The molecule has 164 valence electrons. The van der Waals surface area contributed by atoms with Crippen LogP contribution in [0.5, 0.6) is 0 Å². The van der Waals surface area contributed by atoms with Crippen LogP contribution < -0.4 is 16.0 Å². The topological polar surface area (TPSA) is 78.7 Å². The molecule has 31 heavy (non-hydrogen) atoms. The lowest BCUT2D eigenvalue weighted by molar-refractivity contribution is 0.0948. The van der Waals surface area contributed by atoms with Crippen LogP contribution in [0.4, 0.5) is 0 Å². The normalized spacial score (nSPS) is 10.8. The molecule has 6 nitrogen and oxygen atoms in total. The second-order valence-corrected chi connectivity index (χ2v) is 6.82. The number of nitrogens with zero attached hydrogens (tertiary/aromatic N) is 1. The molecule has 3 N–H and O–H groups in total. The van der Waals surface area contributed by atoms with Gasteiger partial charge >= 0.3 is 0 Å². The molecule has 1 heterocycles. The molecule has 0 aliphatic rings. The predicted octanol–water partition coefficient (Wildman–Crippen LogP) is 4.13. The van der Waals surface area contributed by atoms with Gasteiger partial charge in [0.25, 0.3) is 5.91 Å². The monoisotopic (exact) mass is 532 g/mol. The van der Waals surface area contributed by atoms with Gasteiger partial charge in [-0.2, -0.15) is 0 Å². The predicted molar refractivity (Wildman–Crippen MR) is 135 cm³/mol. The van der Waals surface area contributed by atoms with Crippen LogP contribution >= 0.6 is 24.0 Å². The second kappa shape index (κ2) is 13.5. The van der Waals surface area contributed by atoms with Gasteiger partial charge in [-0.1, -0.05) is 42.5 Å². The van der Waals surface area contributed by atoms with Gasteiger partial charge in [-0.15, -0.1) is 24.0 Å². The molecule has 3 aromatic rings. The highest BCUT2D eigenvalue weighted by atomic mass is 127. The molecule has 0 saturated carbocycles. The Hall–Kier alpha value is -2.81. The van der Waals surface area contributed by atoms with Crippen molar-refractivity contribution >= 4 is 35.8 Å². The Bertz CT molecular complexity index is 943. The number of aliphatic imine (C=N–C) groups is 1. The maximum absolute atomic E-state index is 12.4. The molecule has 0 aliphatic heterocycles. The number of nitrogens with one attached hydrogen (secondary N) is 3.